The fourth-order valence-corrected chi connectivity index (χ4v) is 4.29. The molecule has 2 aromatic carbocycles. The molecule has 1 N–H and O–H groups in total. The van der Waals surface area contributed by atoms with Gasteiger partial charge >= 0.3 is 0 Å². The zero-order chi connectivity index (χ0) is 20.0. The first-order valence-corrected chi connectivity index (χ1v) is 10.6. The van der Waals surface area contributed by atoms with E-state index in [4.69, 9.17) is 14.5 Å². The van der Waals surface area contributed by atoms with Crippen molar-refractivity contribution in [1.29, 1.82) is 0 Å². The molecular weight excluding hydrogens is 456 g/mol. The molecule has 0 radical (unpaired) electrons. The summed E-state index contributed by atoms with van der Waals surface area (Å²) in [6, 6.07) is 11.3. The molecule has 3 aliphatic rings. The van der Waals surface area contributed by atoms with Crippen LogP contribution >= 0.6 is 27.7 Å². The number of hydrazone groups is 1. The third-order valence-electron chi connectivity index (χ3n) is 4.60. The summed E-state index contributed by atoms with van der Waals surface area (Å²) in [5, 5.41) is 11.2. The Labute approximate surface area is 178 Å². The molecule has 0 aliphatic carbocycles. The smallest absolute Gasteiger partial charge is 0.276 e. The van der Waals surface area contributed by atoms with Crippen molar-refractivity contribution >= 4 is 44.5 Å². The number of halogens is 1. The first-order chi connectivity index (χ1) is 14.1. The van der Waals surface area contributed by atoms with E-state index in [1.807, 2.05) is 36.4 Å². The highest BCUT2D eigenvalue weighted by Crippen LogP contribution is 2.38. The van der Waals surface area contributed by atoms with Crippen LogP contribution in [0.4, 0.5) is 0 Å². The van der Waals surface area contributed by atoms with Crippen molar-refractivity contribution < 1.29 is 14.3 Å². The molecular formula is C20H15BrN4O3S. The van der Waals surface area contributed by atoms with E-state index >= 15 is 0 Å². The number of rotatable bonds is 3. The van der Waals surface area contributed by atoms with Crippen LogP contribution in [0.25, 0.3) is 5.70 Å². The minimum absolute atomic E-state index is 0.196. The van der Waals surface area contributed by atoms with Gasteiger partial charge < -0.3 is 9.47 Å². The van der Waals surface area contributed by atoms with Gasteiger partial charge in [-0.25, -0.2) is 5.01 Å². The topological polar surface area (TPSA) is 75.5 Å². The SMILES string of the molecule is C=CCSC1=NN2C(=c3cc(Br)ccc3=N[C@@H]2c2ccc3c(c2)OCO3)C(=O)N1. The summed E-state index contributed by atoms with van der Waals surface area (Å²) in [6.07, 6.45) is 1.26. The van der Waals surface area contributed by atoms with Gasteiger partial charge in [-0.05, 0) is 30.3 Å². The van der Waals surface area contributed by atoms with Gasteiger partial charge in [0.25, 0.3) is 5.91 Å². The van der Waals surface area contributed by atoms with Crippen LogP contribution < -0.4 is 25.4 Å². The van der Waals surface area contributed by atoms with E-state index in [0.717, 1.165) is 20.6 Å². The zero-order valence-electron chi connectivity index (χ0n) is 15.1. The van der Waals surface area contributed by atoms with Gasteiger partial charge in [-0.15, -0.1) is 11.7 Å². The van der Waals surface area contributed by atoms with Gasteiger partial charge in [-0.3, -0.25) is 15.1 Å². The zero-order valence-corrected chi connectivity index (χ0v) is 17.5. The maximum Gasteiger partial charge on any atom is 0.276 e. The van der Waals surface area contributed by atoms with E-state index in [1.54, 1.807) is 11.1 Å². The molecule has 0 fully saturated rings. The number of amidine groups is 1. The van der Waals surface area contributed by atoms with Crippen molar-refractivity contribution in [1.82, 2.24) is 10.3 Å². The van der Waals surface area contributed by atoms with Gasteiger partial charge in [-0.2, -0.15) is 0 Å². The van der Waals surface area contributed by atoms with E-state index < -0.39 is 6.17 Å². The lowest BCUT2D eigenvalue weighted by Crippen LogP contribution is -2.50. The molecule has 2 aromatic rings. The first kappa shape index (κ1) is 18.3. The average molecular weight is 471 g/mol. The summed E-state index contributed by atoms with van der Waals surface area (Å²) in [6.45, 7) is 3.92. The number of fused-ring (bicyclic) bond motifs is 3. The Balaban J connectivity index is 1.69. The standard InChI is InChI=1S/C20H15BrN4O3S/c1-2-7-29-20-23-19(26)17-13-9-12(21)4-5-14(13)22-18(25(17)24-20)11-3-6-15-16(8-11)28-10-27-15/h2-6,8-9,18H,1,7,10H2,(H,23,24,26)/t18-/m0/s1. The number of amides is 1. The summed E-state index contributed by atoms with van der Waals surface area (Å²) >= 11 is 4.89. The molecule has 0 unspecified atom stereocenters. The van der Waals surface area contributed by atoms with E-state index in [2.05, 4.69) is 32.9 Å². The van der Waals surface area contributed by atoms with Crippen molar-refractivity contribution in [2.75, 3.05) is 12.5 Å². The maximum absolute atomic E-state index is 13.0. The highest BCUT2D eigenvalue weighted by molar-refractivity contribution is 9.10. The quantitative estimate of drug-likeness (QED) is 0.696. The fourth-order valence-electron chi connectivity index (χ4n) is 3.35. The van der Waals surface area contributed by atoms with E-state index in [1.165, 1.54) is 11.8 Å². The van der Waals surface area contributed by atoms with Crippen molar-refractivity contribution in [2.45, 2.75) is 6.17 Å². The second-order valence-corrected chi connectivity index (χ2v) is 8.35. The van der Waals surface area contributed by atoms with E-state index in [0.29, 0.717) is 28.1 Å². The summed E-state index contributed by atoms with van der Waals surface area (Å²) in [4.78, 5) is 17.9. The Morgan fingerprint density at radius 2 is 2.14 bits per heavy atom. The number of thioether (sulfide) groups is 1. The first-order valence-electron chi connectivity index (χ1n) is 8.84. The summed E-state index contributed by atoms with van der Waals surface area (Å²) in [5.41, 5.74) is 1.31. The fraction of sp³-hybridized carbons (Fsp3) is 0.150. The van der Waals surface area contributed by atoms with Gasteiger partial charge in [0.2, 0.25) is 6.79 Å². The Kier molecular flexibility index (Phi) is 4.56. The number of carbonyl (C=O) groups excluding carboxylic acids is 1. The predicted octanol–water partition coefficient (Wildman–Crippen LogP) is 2.24. The molecule has 1 amide bonds. The highest BCUT2D eigenvalue weighted by Gasteiger charge is 2.35. The summed E-state index contributed by atoms with van der Waals surface area (Å²) < 4.78 is 11.8. The Bertz CT molecular complexity index is 1200. The van der Waals surface area contributed by atoms with Crippen LogP contribution in [0.1, 0.15) is 11.7 Å². The third kappa shape index (κ3) is 3.20. The Morgan fingerprint density at radius 3 is 3.00 bits per heavy atom. The van der Waals surface area contributed by atoms with Gasteiger partial charge in [-0.1, -0.05) is 39.8 Å². The molecule has 0 aromatic heterocycles. The molecule has 1 atom stereocenters. The van der Waals surface area contributed by atoms with Crippen LogP contribution in [0.5, 0.6) is 11.5 Å². The average Bonchev–Trinajstić information content (AvgIpc) is 3.19. The minimum Gasteiger partial charge on any atom is -0.454 e. The second kappa shape index (κ2) is 7.23. The molecule has 3 heterocycles. The molecule has 0 bridgehead atoms. The van der Waals surface area contributed by atoms with Gasteiger partial charge in [0.15, 0.2) is 22.8 Å². The van der Waals surface area contributed by atoms with Crippen LogP contribution in [0, 0.1) is 0 Å². The molecule has 0 saturated carbocycles. The molecule has 0 spiro atoms. The summed E-state index contributed by atoms with van der Waals surface area (Å²) in [7, 11) is 0. The lowest BCUT2D eigenvalue weighted by Gasteiger charge is -2.34. The number of hydrogen-bond acceptors (Lipinski definition) is 7. The number of nitrogens with one attached hydrogen (secondary N) is 1. The summed E-state index contributed by atoms with van der Waals surface area (Å²) in [5.74, 6) is 1.77. The molecule has 0 saturated heterocycles. The van der Waals surface area contributed by atoms with E-state index in [9.17, 15) is 4.79 Å². The van der Waals surface area contributed by atoms with Crippen molar-refractivity contribution in [2.24, 2.45) is 10.1 Å². The number of hydrogen-bond donors (Lipinski definition) is 1. The lowest BCUT2D eigenvalue weighted by atomic mass is 10.1. The minimum atomic E-state index is -0.501. The number of carbonyl (C=O) groups is 1. The number of nitrogens with zero attached hydrogens (tertiary/aromatic N) is 3. The van der Waals surface area contributed by atoms with Crippen molar-refractivity contribution in [3.05, 3.63) is 69.7 Å². The van der Waals surface area contributed by atoms with Gasteiger partial charge in [0.1, 0.15) is 5.70 Å². The maximum atomic E-state index is 13.0. The molecule has 5 rings (SSSR count). The predicted molar refractivity (Wildman–Crippen MR) is 114 cm³/mol. The lowest BCUT2D eigenvalue weighted by molar-refractivity contribution is -0.116. The van der Waals surface area contributed by atoms with Crippen LogP contribution in [-0.4, -0.2) is 28.6 Å². The molecule has 3 aliphatic heterocycles. The van der Waals surface area contributed by atoms with Crippen LogP contribution in [-0.2, 0) is 4.79 Å². The van der Waals surface area contributed by atoms with Gasteiger partial charge in [0, 0.05) is 21.0 Å². The van der Waals surface area contributed by atoms with Crippen molar-refractivity contribution in [3.63, 3.8) is 0 Å². The largest absolute Gasteiger partial charge is 0.454 e. The molecule has 9 heteroatoms. The van der Waals surface area contributed by atoms with Gasteiger partial charge in [0.05, 0.1) is 5.36 Å². The molecule has 146 valence electrons. The normalized spacial score (nSPS) is 19.0. The number of ether oxygens (including phenoxy) is 2. The van der Waals surface area contributed by atoms with Crippen molar-refractivity contribution in [3.8, 4) is 11.5 Å². The Morgan fingerprint density at radius 1 is 1.28 bits per heavy atom. The molecule has 7 nitrogen and oxygen atoms in total. The highest BCUT2D eigenvalue weighted by atomic mass is 79.9. The van der Waals surface area contributed by atoms with Crippen LogP contribution in [0.15, 0.2) is 63.6 Å². The second-order valence-electron chi connectivity index (χ2n) is 6.43. The number of benzene rings is 2. The molecule has 29 heavy (non-hydrogen) atoms. The third-order valence-corrected chi connectivity index (χ3v) is 5.96. The monoisotopic (exact) mass is 470 g/mol. The Hall–Kier alpha value is -2.78. The van der Waals surface area contributed by atoms with E-state index in [-0.39, 0.29) is 12.7 Å². The van der Waals surface area contributed by atoms with Crippen LogP contribution in [0.2, 0.25) is 0 Å². The van der Waals surface area contributed by atoms with Crippen LogP contribution in [0.3, 0.4) is 0 Å².